The molecule has 0 unspecified atom stereocenters. The highest BCUT2D eigenvalue weighted by atomic mass is 32.1. The van der Waals surface area contributed by atoms with Crippen molar-refractivity contribution in [1.29, 1.82) is 0 Å². The Hall–Kier alpha value is -2.21. The van der Waals surface area contributed by atoms with Gasteiger partial charge >= 0.3 is 0 Å². The summed E-state index contributed by atoms with van der Waals surface area (Å²) < 4.78 is 5.32. The molecule has 0 aliphatic carbocycles. The van der Waals surface area contributed by atoms with E-state index in [2.05, 4.69) is 10.3 Å². The molecule has 6 heteroatoms. The first-order chi connectivity index (χ1) is 9.56. The lowest BCUT2D eigenvalue weighted by Gasteiger charge is -2.05. The van der Waals surface area contributed by atoms with Crippen LogP contribution in [0.5, 0.6) is 5.75 Å². The highest BCUT2D eigenvalue weighted by Gasteiger charge is 2.13. The predicted octanol–water partition coefficient (Wildman–Crippen LogP) is 2.67. The molecule has 0 radical (unpaired) electrons. The van der Waals surface area contributed by atoms with E-state index >= 15 is 0 Å². The fraction of sp³-hybridized carbons (Fsp3) is 0.214. The summed E-state index contributed by atoms with van der Waals surface area (Å²) >= 11 is 1.17. The number of carbonyl (C=O) groups excluding carboxylic acids is 2. The van der Waals surface area contributed by atoms with Gasteiger partial charge in [0.1, 0.15) is 5.75 Å². The van der Waals surface area contributed by atoms with Crippen LogP contribution in [0.4, 0.5) is 5.13 Å². The lowest BCUT2D eigenvalue weighted by Crippen LogP contribution is -2.20. The standard InChI is InChI=1S/C14H14N2O3S/c1-9-13(10(2)17)20-14(15-9)16-12(18)8-19-11-6-4-3-5-7-11/h3-7H,8H2,1-2H3,(H,15,16,18). The van der Waals surface area contributed by atoms with Gasteiger partial charge in [0.25, 0.3) is 5.91 Å². The van der Waals surface area contributed by atoms with Gasteiger partial charge in [-0.15, -0.1) is 0 Å². The van der Waals surface area contributed by atoms with Crippen LogP contribution in [0.25, 0.3) is 0 Å². The zero-order chi connectivity index (χ0) is 14.5. The second-order valence-corrected chi connectivity index (χ2v) is 5.14. The van der Waals surface area contributed by atoms with Gasteiger partial charge < -0.3 is 4.74 Å². The molecule has 0 bridgehead atoms. The minimum atomic E-state index is -0.308. The quantitative estimate of drug-likeness (QED) is 0.860. The Morgan fingerprint density at radius 1 is 1.30 bits per heavy atom. The third kappa shape index (κ3) is 3.64. The number of amides is 1. The molecule has 2 aromatic rings. The van der Waals surface area contributed by atoms with E-state index in [0.29, 0.717) is 21.5 Å². The first-order valence-corrected chi connectivity index (χ1v) is 6.84. The second-order valence-electron chi connectivity index (χ2n) is 4.14. The monoisotopic (exact) mass is 290 g/mol. The molecule has 2 rings (SSSR count). The van der Waals surface area contributed by atoms with E-state index in [0.717, 1.165) is 0 Å². The molecule has 5 nitrogen and oxygen atoms in total. The molecule has 104 valence electrons. The number of hydrogen-bond acceptors (Lipinski definition) is 5. The van der Waals surface area contributed by atoms with Crippen molar-refractivity contribution >= 4 is 28.2 Å². The molecule has 0 spiro atoms. The summed E-state index contributed by atoms with van der Waals surface area (Å²) in [5, 5.41) is 3.03. The number of rotatable bonds is 5. The highest BCUT2D eigenvalue weighted by Crippen LogP contribution is 2.22. The zero-order valence-corrected chi connectivity index (χ0v) is 12.0. The molecule has 1 heterocycles. The lowest BCUT2D eigenvalue weighted by molar-refractivity contribution is -0.118. The van der Waals surface area contributed by atoms with Crippen LogP contribution in [0.1, 0.15) is 22.3 Å². The van der Waals surface area contributed by atoms with E-state index in [9.17, 15) is 9.59 Å². The number of carbonyl (C=O) groups is 2. The van der Waals surface area contributed by atoms with E-state index in [4.69, 9.17) is 4.74 Å². The molecule has 1 amide bonds. The average Bonchev–Trinajstić information content (AvgIpc) is 2.78. The fourth-order valence-corrected chi connectivity index (χ4v) is 2.48. The van der Waals surface area contributed by atoms with Gasteiger partial charge in [-0.05, 0) is 19.1 Å². The molecule has 1 aromatic heterocycles. The number of nitrogens with one attached hydrogen (secondary N) is 1. The molecule has 1 N–H and O–H groups in total. The predicted molar refractivity (Wildman–Crippen MR) is 77.4 cm³/mol. The second kappa shape index (κ2) is 6.29. The van der Waals surface area contributed by atoms with Gasteiger partial charge in [0, 0.05) is 6.92 Å². The van der Waals surface area contributed by atoms with Gasteiger partial charge in [-0.3, -0.25) is 14.9 Å². The maximum atomic E-state index is 11.7. The van der Waals surface area contributed by atoms with Crippen molar-refractivity contribution in [1.82, 2.24) is 4.98 Å². The van der Waals surface area contributed by atoms with E-state index in [-0.39, 0.29) is 18.3 Å². The third-order valence-corrected chi connectivity index (χ3v) is 3.65. The molecule has 1 aromatic carbocycles. The summed E-state index contributed by atoms with van der Waals surface area (Å²) in [5.74, 6) is 0.265. The number of ether oxygens (including phenoxy) is 1. The topological polar surface area (TPSA) is 68.3 Å². The van der Waals surface area contributed by atoms with E-state index in [1.807, 2.05) is 18.2 Å². The summed E-state index contributed by atoms with van der Waals surface area (Å²) in [6.07, 6.45) is 0. The molecule has 0 atom stereocenters. The third-order valence-electron chi connectivity index (χ3n) is 2.48. The van der Waals surface area contributed by atoms with Gasteiger partial charge in [0.2, 0.25) is 0 Å². The summed E-state index contributed by atoms with van der Waals surface area (Å²) in [5.41, 5.74) is 0.627. The molecule has 0 aliphatic heterocycles. The van der Waals surface area contributed by atoms with Crippen LogP contribution in [0.15, 0.2) is 30.3 Å². The summed E-state index contributed by atoms with van der Waals surface area (Å²) in [4.78, 5) is 27.7. The van der Waals surface area contributed by atoms with Crippen LogP contribution < -0.4 is 10.1 Å². The zero-order valence-electron chi connectivity index (χ0n) is 11.2. The van der Waals surface area contributed by atoms with Crippen LogP contribution in [0.3, 0.4) is 0 Å². The van der Waals surface area contributed by atoms with Gasteiger partial charge in [0.05, 0.1) is 10.6 Å². The first kappa shape index (κ1) is 14.2. The van der Waals surface area contributed by atoms with Gasteiger partial charge in [-0.2, -0.15) is 0 Å². The number of para-hydroxylation sites is 1. The molecular weight excluding hydrogens is 276 g/mol. The van der Waals surface area contributed by atoms with Gasteiger partial charge in [0.15, 0.2) is 17.5 Å². The summed E-state index contributed by atoms with van der Waals surface area (Å²) in [6.45, 7) is 3.12. The largest absolute Gasteiger partial charge is 0.484 e. The van der Waals surface area contributed by atoms with E-state index < -0.39 is 0 Å². The first-order valence-electron chi connectivity index (χ1n) is 6.02. The number of benzene rings is 1. The summed E-state index contributed by atoms with van der Waals surface area (Å²) in [7, 11) is 0. The number of ketones is 1. The SMILES string of the molecule is CC(=O)c1sc(NC(=O)COc2ccccc2)nc1C. The minimum Gasteiger partial charge on any atom is -0.484 e. The lowest BCUT2D eigenvalue weighted by atomic mass is 10.3. The molecule has 0 aliphatic rings. The van der Waals surface area contributed by atoms with Crippen LogP contribution in [0.2, 0.25) is 0 Å². The van der Waals surface area contributed by atoms with Crippen LogP contribution in [-0.4, -0.2) is 23.3 Å². The van der Waals surface area contributed by atoms with Crippen LogP contribution in [-0.2, 0) is 4.79 Å². The maximum Gasteiger partial charge on any atom is 0.264 e. The van der Waals surface area contributed by atoms with Crippen molar-refractivity contribution in [3.63, 3.8) is 0 Å². The molecule has 0 saturated heterocycles. The van der Waals surface area contributed by atoms with Crippen LogP contribution >= 0.6 is 11.3 Å². The van der Waals surface area contributed by atoms with E-state index in [1.165, 1.54) is 18.3 Å². The van der Waals surface area contributed by atoms with Crippen molar-refractivity contribution in [3.8, 4) is 5.75 Å². The van der Waals surface area contributed by atoms with Crippen molar-refractivity contribution in [2.45, 2.75) is 13.8 Å². The number of aromatic nitrogens is 1. The number of Topliss-reactive ketones (excluding diaryl/α,β-unsaturated/α-hetero) is 1. The van der Waals surface area contributed by atoms with Gasteiger partial charge in [-0.1, -0.05) is 29.5 Å². The van der Waals surface area contributed by atoms with Crippen LogP contribution in [0, 0.1) is 6.92 Å². The van der Waals surface area contributed by atoms with Crippen molar-refractivity contribution < 1.29 is 14.3 Å². The smallest absolute Gasteiger partial charge is 0.264 e. The Balaban J connectivity index is 1.92. The number of nitrogens with zero attached hydrogens (tertiary/aromatic N) is 1. The highest BCUT2D eigenvalue weighted by molar-refractivity contribution is 7.17. The number of aryl methyl sites for hydroxylation is 1. The Morgan fingerprint density at radius 2 is 2.00 bits per heavy atom. The Kier molecular flexibility index (Phi) is 4.47. The fourth-order valence-electron chi connectivity index (χ4n) is 1.60. The minimum absolute atomic E-state index is 0.0546. The number of thiazole rings is 1. The molecule has 20 heavy (non-hydrogen) atoms. The van der Waals surface area contributed by atoms with Crippen molar-refractivity contribution in [2.24, 2.45) is 0 Å². The Labute approximate surface area is 120 Å². The molecule has 0 fully saturated rings. The molecular formula is C14H14N2O3S. The van der Waals surface area contributed by atoms with Gasteiger partial charge in [-0.25, -0.2) is 4.98 Å². The van der Waals surface area contributed by atoms with Crippen molar-refractivity contribution in [3.05, 3.63) is 40.9 Å². The average molecular weight is 290 g/mol. The molecule has 0 saturated carbocycles. The number of anilines is 1. The maximum absolute atomic E-state index is 11.7. The number of hydrogen-bond donors (Lipinski definition) is 1. The van der Waals surface area contributed by atoms with Crippen molar-refractivity contribution in [2.75, 3.05) is 11.9 Å². The Bertz CT molecular complexity index is 623. The van der Waals surface area contributed by atoms with E-state index in [1.54, 1.807) is 19.1 Å². The normalized spacial score (nSPS) is 10.1. The summed E-state index contributed by atoms with van der Waals surface area (Å²) in [6, 6.07) is 9.07. The Morgan fingerprint density at radius 3 is 2.60 bits per heavy atom.